The van der Waals surface area contributed by atoms with Crippen LogP contribution in [-0.4, -0.2) is 17.3 Å². The van der Waals surface area contributed by atoms with Crippen molar-refractivity contribution < 1.29 is 10.8 Å². The second-order valence-corrected chi connectivity index (χ2v) is 9.40. The third-order valence-corrected chi connectivity index (χ3v) is 8.83. The van der Waals surface area contributed by atoms with Crippen molar-refractivity contribution >= 4 is 0 Å². The highest BCUT2D eigenvalue weighted by Crippen LogP contribution is 2.65. The molecule has 0 spiro atoms. The van der Waals surface area contributed by atoms with Gasteiger partial charge in [0.2, 0.25) is 0 Å². The van der Waals surface area contributed by atoms with E-state index >= 15 is 0 Å². The summed E-state index contributed by atoms with van der Waals surface area (Å²) in [6.45, 7) is 5.14. The van der Waals surface area contributed by atoms with Gasteiger partial charge in [0.25, 0.3) is 0 Å². The average molecular weight is 292 g/mol. The molecule has 120 valence electrons. The van der Waals surface area contributed by atoms with Gasteiger partial charge < -0.3 is 10.8 Å². The van der Waals surface area contributed by atoms with Crippen molar-refractivity contribution in [1.29, 1.82) is 0 Å². The molecule has 21 heavy (non-hydrogen) atoms. The largest absolute Gasteiger partial charge is 0.393 e. The fourth-order valence-corrected chi connectivity index (χ4v) is 7.34. The molecule has 4 rings (SSSR count). The number of rotatable bonds is 0. The Morgan fingerprint density at radius 3 is 2.38 bits per heavy atom. The molecule has 0 heterocycles. The summed E-state index contributed by atoms with van der Waals surface area (Å²) in [7, 11) is 0. The molecule has 4 N–H and O–H groups in total. The third-order valence-electron chi connectivity index (χ3n) is 8.83. The van der Waals surface area contributed by atoms with Crippen molar-refractivity contribution in [3.63, 3.8) is 0 Å². The van der Waals surface area contributed by atoms with Crippen molar-refractivity contribution in [3.8, 4) is 0 Å². The lowest BCUT2D eigenvalue weighted by molar-refractivity contribution is -0.445. The van der Waals surface area contributed by atoms with Gasteiger partial charge in [0.1, 0.15) is 0 Å². The van der Waals surface area contributed by atoms with E-state index in [1.54, 1.807) is 0 Å². The lowest BCUT2D eigenvalue weighted by atomic mass is 9.45. The van der Waals surface area contributed by atoms with Crippen LogP contribution in [0.3, 0.4) is 0 Å². The summed E-state index contributed by atoms with van der Waals surface area (Å²) < 4.78 is 0. The summed E-state index contributed by atoms with van der Waals surface area (Å²) in [5.74, 6) is 3.64. The van der Waals surface area contributed by atoms with Crippen molar-refractivity contribution in [2.45, 2.75) is 83.8 Å². The van der Waals surface area contributed by atoms with Crippen LogP contribution >= 0.6 is 0 Å². The van der Waals surface area contributed by atoms with Gasteiger partial charge in [-0.3, -0.25) is 0 Å². The van der Waals surface area contributed by atoms with E-state index in [-0.39, 0.29) is 6.10 Å². The van der Waals surface area contributed by atoms with Crippen LogP contribution in [0, 0.1) is 34.5 Å². The van der Waals surface area contributed by atoms with Gasteiger partial charge in [0.15, 0.2) is 0 Å². The average Bonchev–Trinajstić information content (AvgIpc) is 2.76. The summed E-state index contributed by atoms with van der Waals surface area (Å²) in [4.78, 5) is 0. The molecule has 0 aromatic carbocycles. The number of quaternary nitrogens is 1. The molecule has 8 atom stereocenters. The highest BCUT2D eigenvalue weighted by atomic mass is 16.3. The van der Waals surface area contributed by atoms with E-state index in [1.165, 1.54) is 44.9 Å². The first kappa shape index (κ1) is 14.5. The molecule has 0 unspecified atom stereocenters. The molecule has 0 amide bonds. The van der Waals surface area contributed by atoms with Gasteiger partial charge in [-0.15, -0.1) is 0 Å². The fraction of sp³-hybridized carbons (Fsp3) is 1.00. The van der Waals surface area contributed by atoms with Gasteiger partial charge >= 0.3 is 0 Å². The van der Waals surface area contributed by atoms with E-state index in [4.69, 9.17) is 0 Å². The summed E-state index contributed by atoms with van der Waals surface area (Å²) in [5.41, 5.74) is 5.58. The lowest BCUT2D eigenvalue weighted by Crippen LogP contribution is -2.68. The van der Waals surface area contributed by atoms with Crippen LogP contribution in [-0.2, 0) is 0 Å². The Morgan fingerprint density at radius 1 is 0.857 bits per heavy atom. The number of aliphatic hydroxyl groups is 1. The van der Waals surface area contributed by atoms with Crippen LogP contribution in [0.2, 0.25) is 0 Å². The normalized spacial score (nSPS) is 60.0. The van der Waals surface area contributed by atoms with Crippen LogP contribution in [0.5, 0.6) is 0 Å². The van der Waals surface area contributed by atoms with Crippen LogP contribution < -0.4 is 5.73 Å². The minimum atomic E-state index is -0.0100. The maximum Gasteiger partial charge on any atom is 0.0900 e. The zero-order chi connectivity index (χ0) is 14.8. The van der Waals surface area contributed by atoms with E-state index in [2.05, 4.69) is 19.6 Å². The molecule has 0 radical (unpaired) electrons. The minimum Gasteiger partial charge on any atom is -0.393 e. The zero-order valence-corrected chi connectivity index (χ0v) is 14.0. The van der Waals surface area contributed by atoms with Crippen molar-refractivity contribution in [2.24, 2.45) is 34.5 Å². The highest BCUT2D eigenvalue weighted by molar-refractivity contribution is 5.09. The van der Waals surface area contributed by atoms with Crippen LogP contribution in [0.1, 0.15) is 71.6 Å². The van der Waals surface area contributed by atoms with Crippen molar-refractivity contribution in [1.82, 2.24) is 0 Å². The predicted octanol–water partition coefficient (Wildman–Crippen LogP) is 3.00. The predicted molar refractivity (Wildman–Crippen MR) is 84.4 cm³/mol. The maximum absolute atomic E-state index is 10.1. The summed E-state index contributed by atoms with van der Waals surface area (Å²) >= 11 is 0. The summed E-state index contributed by atoms with van der Waals surface area (Å²) in [6, 6.07) is 0.696. The molecule has 0 aromatic rings. The van der Waals surface area contributed by atoms with Crippen LogP contribution in [0.15, 0.2) is 0 Å². The highest BCUT2D eigenvalue weighted by Gasteiger charge is 2.60. The number of aliphatic hydroxyl groups excluding tert-OH is 1. The van der Waals surface area contributed by atoms with Gasteiger partial charge in [-0.05, 0) is 80.5 Å². The standard InChI is InChI=1S/C19H33NO/c1-18-9-7-13(21)11-12(18)3-4-14-15-5-6-17(20)19(15,2)10-8-16(14)18/h12-17,21H,3-11,20H2,1-2H3/p+1/t12-,13+,14+,15+,16+,17+,18-,19-/m0/s1. The number of fused-ring (bicyclic) bond motifs is 5. The topological polar surface area (TPSA) is 47.9 Å². The van der Waals surface area contributed by atoms with Gasteiger partial charge in [-0.1, -0.05) is 13.8 Å². The Balaban J connectivity index is 1.62. The molecule has 0 saturated heterocycles. The second-order valence-electron chi connectivity index (χ2n) is 9.40. The van der Waals surface area contributed by atoms with Crippen LogP contribution in [0.4, 0.5) is 0 Å². The molecule has 0 bridgehead atoms. The first-order valence-corrected chi connectivity index (χ1v) is 9.46. The van der Waals surface area contributed by atoms with E-state index in [0.717, 1.165) is 36.5 Å². The van der Waals surface area contributed by atoms with Crippen molar-refractivity contribution in [3.05, 3.63) is 0 Å². The maximum atomic E-state index is 10.1. The SMILES string of the molecule is C[C@]12CC[C@@H](O)C[C@@H]1CC[C@H]1[C@H]2CC[C@]2(C)[C@H]([NH3+])CC[C@H]12. The number of hydrogen-bond donors (Lipinski definition) is 2. The van der Waals surface area contributed by atoms with Gasteiger partial charge in [0.05, 0.1) is 12.1 Å². The quantitative estimate of drug-likeness (QED) is 0.708. The molecule has 2 nitrogen and oxygen atoms in total. The molecule has 4 fully saturated rings. The Hall–Kier alpha value is -0.0800. The smallest absolute Gasteiger partial charge is 0.0900 e. The molecule has 4 aliphatic carbocycles. The van der Waals surface area contributed by atoms with Gasteiger partial charge in [-0.25, -0.2) is 0 Å². The minimum absolute atomic E-state index is 0.0100. The molecule has 0 aliphatic heterocycles. The van der Waals surface area contributed by atoms with E-state index in [1.807, 2.05) is 0 Å². The Bertz CT molecular complexity index is 424. The Morgan fingerprint density at radius 2 is 1.57 bits per heavy atom. The summed E-state index contributed by atoms with van der Waals surface area (Å²) in [6.07, 6.45) is 11.9. The van der Waals surface area contributed by atoms with Crippen molar-refractivity contribution in [2.75, 3.05) is 0 Å². The first-order chi connectivity index (χ1) is 9.95. The molecule has 0 aromatic heterocycles. The Labute approximate surface area is 129 Å². The van der Waals surface area contributed by atoms with E-state index < -0.39 is 0 Å². The number of hydrogen-bond acceptors (Lipinski definition) is 1. The van der Waals surface area contributed by atoms with E-state index in [9.17, 15) is 5.11 Å². The first-order valence-electron chi connectivity index (χ1n) is 9.46. The molecular formula is C19H34NO+. The van der Waals surface area contributed by atoms with E-state index in [0.29, 0.717) is 16.9 Å². The Kier molecular flexibility index (Phi) is 3.25. The molecule has 4 aliphatic rings. The third kappa shape index (κ3) is 1.91. The summed E-state index contributed by atoms with van der Waals surface area (Å²) in [5, 5.41) is 10.1. The van der Waals surface area contributed by atoms with Crippen LogP contribution in [0.25, 0.3) is 0 Å². The monoisotopic (exact) mass is 292 g/mol. The second kappa shape index (κ2) is 4.71. The molecular weight excluding hydrogens is 258 g/mol. The molecule has 2 heteroatoms. The zero-order valence-electron chi connectivity index (χ0n) is 14.0. The van der Waals surface area contributed by atoms with Gasteiger partial charge in [-0.2, -0.15) is 0 Å². The fourth-order valence-electron chi connectivity index (χ4n) is 7.34. The lowest BCUT2D eigenvalue weighted by Gasteiger charge is -2.60. The molecule has 4 saturated carbocycles. The van der Waals surface area contributed by atoms with Gasteiger partial charge in [0, 0.05) is 11.8 Å².